The number of aliphatic hydroxyl groups is 1. The fraction of sp³-hybridized carbons (Fsp3) is 0.452. The van der Waals surface area contributed by atoms with Crippen LogP contribution in [0, 0.1) is 5.92 Å². The summed E-state index contributed by atoms with van der Waals surface area (Å²) in [4.78, 5) is 20.8. The number of furan rings is 1. The highest BCUT2D eigenvalue weighted by atomic mass is 35.5. The smallest absolute Gasteiger partial charge is 0.414 e. The molecular weight excluding hydrogens is 544 g/mol. The Balaban J connectivity index is 0.981. The largest absolute Gasteiger partial charge is 0.488 e. The third kappa shape index (κ3) is 6.64. The van der Waals surface area contributed by atoms with Crippen LogP contribution in [0.4, 0.5) is 4.79 Å². The van der Waals surface area contributed by atoms with Crippen molar-refractivity contribution < 1.29 is 23.8 Å². The van der Waals surface area contributed by atoms with Gasteiger partial charge in [-0.2, -0.15) is 0 Å². The molecule has 0 spiro atoms. The molecule has 2 saturated heterocycles. The van der Waals surface area contributed by atoms with Crippen LogP contribution < -0.4 is 14.8 Å². The zero-order chi connectivity index (χ0) is 28.3. The molecule has 3 N–H and O–H groups in total. The monoisotopic (exact) mass is 580 g/mol. The first-order valence-corrected chi connectivity index (χ1v) is 14.8. The molecule has 0 unspecified atom stereocenters. The number of halogens is 1. The average molecular weight is 581 g/mol. The van der Waals surface area contributed by atoms with Gasteiger partial charge in [-0.25, -0.2) is 4.79 Å². The summed E-state index contributed by atoms with van der Waals surface area (Å²) in [7, 11) is 0. The van der Waals surface area contributed by atoms with E-state index in [-0.39, 0.29) is 12.1 Å². The lowest BCUT2D eigenvalue weighted by atomic mass is 9.97. The number of benzene rings is 2. The number of nitrogens with zero attached hydrogens (tertiary/aromatic N) is 2. The van der Waals surface area contributed by atoms with Crippen molar-refractivity contribution in [1.82, 2.24) is 20.1 Å². The first kappa shape index (κ1) is 27.9. The van der Waals surface area contributed by atoms with Crippen molar-refractivity contribution in [2.45, 2.75) is 44.9 Å². The maximum absolute atomic E-state index is 12.7. The van der Waals surface area contributed by atoms with Crippen LogP contribution in [0.15, 0.2) is 53.1 Å². The second-order valence-electron chi connectivity index (χ2n) is 11.3. The minimum Gasteiger partial charge on any atom is -0.488 e. The number of ether oxygens (including phenoxy) is 2. The molecule has 10 heteroatoms. The molecule has 9 nitrogen and oxygen atoms in total. The van der Waals surface area contributed by atoms with Gasteiger partial charge in [0.15, 0.2) is 0 Å². The quantitative estimate of drug-likeness (QED) is 0.256. The van der Waals surface area contributed by atoms with Crippen LogP contribution in [-0.2, 0) is 6.61 Å². The molecule has 2 atom stereocenters. The van der Waals surface area contributed by atoms with Crippen molar-refractivity contribution in [1.29, 1.82) is 0 Å². The lowest BCUT2D eigenvalue weighted by Crippen LogP contribution is -2.48. The van der Waals surface area contributed by atoms with E-state index in [0.29, 0.717) is 29.2 Å². The Morgan fingerprint density at radius 1 is 1.10 bits per heavy atom. The molecule has 2 aliphatic heterocycles. The minimum absolute atomic E-state index is 0.0897. The molecule has 4 heterocycles. The summed E-state index contributed by atoms with van der Waals surface area (Å²) in [5.41, 5.74) is 2.46. The van der Waals surface area contributed by atoms with E-state index in [4.69, 9.17) is 25.5 Å². The lowest BCUT2D eigenvalue weighted by molar-refractivity contribution is 0.0302. The van der Waals surface area contributed by atoms with E-state index < -0.39 is 6.09 Å². The molecule has 1 amide bonds. The molecule has 2 aromatic heterocycles. The summed E-state index contributed by atoms with van der Waals surface area (Å²) < 4.78 is 17.4. The van der Waals surface area contributed by atoms with Crippen LogP contribution in [0.25, 0.3) is 21.9 Å². The van der Waals surface area contributed by atoms with Crippen molar-refractivity contribution in [2.24, 2.45) is 5.92 Å². The normalized spacial score (nSPS) is 21.0. The number of piperidine rings is 2. The number of carbonyl (C=O) groups is 1. The van der Waals surface area contributed by atoms with Crippen molar-refractivity contribution in [3.63, 3.8) is 0 Å². The Morgan fingerprint density at radius 3 is 2.73 bits per heavy atom. The first-order chi connectivity index (χ1) is 19.9. The number of likely N-dealkylation sites (tertiary alicyclic amines) is 2. The summed E-state index contributed by atoms with van der Waals surface area (Å²) in [6.45, 7) is 8.32. The lowest BCUT2D eigenvalue weighted by Gasteiger charge is -2.37. The zero-order valence-corrected chi connectivity index (χ0v) is 24.0. The van der Waals surface area contributed by atoms with Crippen molar-refractivity contribution >= 4 is 39.6 Å². The van der Waals surface area contributed by atoms with Gasteiger partial charge in [-0.05, 0) is 55.5 Å². The van der Waals surface area contributed by atoms with Gasteiger partial charge in [0.1, 0.15) is 17.9 Å². The van der Waals surface area contributed by atoms with E-state index in [0.717, 1.165) is 86.0 Å². The number of rotatable bonds is 8. The number of amides is 1. The Kier molecular flexibility index (Phi) is 8.39. The Bertz CT molecular complexity index is 1490. The van der Waals surface area contributed by atoms with Crippen molar-refractivity contribution in [3.8, 4) is 11.6 Å². The van der Waals surface area contributed by atoms with Crippen molar-refractivity contribution in [2.75, 3.05) is 39.3 Å². The Hall–Kier alpha value is -3.24. The molecule has 0 bridgehead atoms. The number of carbonyl (C=O) groups excluding carboxylic acids is 1. The number of aliphatic hydroxyl groups excluding tert-OH is 1. The maximum atomic E-state index is 12.7. The van der Waals surface area contributed by atoms with E-state index in [2.05, 4.69) is 27.0 Å². The second kappa shape index (κ2) is 12.3. The topological polar surface area (TPSA) is 103 Å². The number of hydrogen-bond donors (Lipinski definition) is 3. The predicted octanol–water partition coefficient (Wildman–Crippen LogP) is 5.40. The number of aromatic nitrogens is 1. The van der Waals surface area contributed by atoms with Crippen molar-refractivity contribution in [3.05, 3.63) is 59.3 Å². The van der Waals surface area contributed by atoms with E-state index in [1.807, 2.05) is 30.3 Å². The van der Waals surface area contributed by atoms with E-state index in [9.17, 15) is 9.90 Å². The Morgan fingerprint density at radius 2 is 1.90 bits per heavy atom. The van der Waals surface area contributed by atoms with Crippen LogP contribution in [-0.4, -0.2) is 77.4 Å². The van der Waals surface area contributed by atoms with Crippen LogP contribution >= 0.6 is 11.6 Å². The van der Waals surface area contributed by atoms with Gasteiger partial charge in [0.2, 0.25) is 5.88 Å². The fourth-order valence-electron chi connectivity index (χ4n) is 5.91. The average Bonchev–Trinajstić information content (AvgIpc) is 3.56. The third-order valence-electron chi connectivity index (χ3n) is 8.39. The third-order valence-corrected chi connectivity index (χ3v) is 8.62. The predicted molar refractivity (Wildman–Crippen MR) is 159 cm³/mol. The number of H-pyrrole nitrogens is 1. The standard InChI is InChI=1S/C31H37ClN4O5/c1-20-17-36(12-9-27(20)37)14-13-35-10-7-23(8-11-35)33-31(38)41-30-16-25-26(34-30)3-2-4-28(25)39-18-21-19-40-29-15-22(32)5-6-24(21)29/h2-6,15-16,19-20,23,27,34,37H,7-14,17-18H2,1H3,(H,33,38)/t20-,27-/m0/s1. The van der Waals surface area contributed by atoms with Gasteiger partial charge in [0.05, 0.1) is 17.9 Å². The minimum atomic E-state index is -0.457. The van der Waals surface area contributed by atoms with Gasteiger partial charge in [-0.3, -0.25) is 0 Å². The molecule has 4 aromatic rings. The van der Waals surface area contributed by atoms with E-state index in [1.54, 1.807) is 18.4 Å². The summed E-state index contributed by atoms with van der Waals surface area (Å²) in [5.74, 6) is 1.39. The van der Waals surface area contributed by atoms with E-state index >= 15 is 0 Å². The summed E-state index contributed by atoms with van der Waals surface area (Å²) in [6.07, 6.45) is 3.71. The molecule has 0 radical (unpaired) electrons. The Labute approximate surface area is 244 Å². The molecule has 6 rings (SSSR count). The first-order valence-electron chi connectivity index (χ1n) is 14.4. The van der Waals surface area contributed by atoms with Crippen LogP contribution in [0.5, 0.6) is 11.6 Å². The van der Waals surface area contributed by atoms with Gasteiger partial charge in [-0.1, -0.05) is 24.6 Å². The summed E-state index contributed by atoms with van der Waals surface area (Å²) >= 11 is 6.06. The molecule has 2 fully saturated rings. The molecule has 41 heavy (non-hydrogen) atoms. The molecule has 0 saturated carbocycles. The van der Waals surface area contributed by atoms with Crippen LogP contribution in [0.3, 0.4) is 0 Å². The van der Waals surface area contributed by atoms with Crippen LogP contribution in [0.1, 0.15) is 31.7 Å². The zero-order valence-electron chi connectivity index (χ0n) is 23.3. The summed E-state index contributed by atoms with van der Waals surface area (Å²) in [6, 6.07) is 13.1. The summed E-state index contributed by atoms with van der Waals surface area (Å²) in [5, 5.41) is 15.4. The number of aromatic amines is 1. The molecule has 0 aliphatic carbocycles. The molecule has 218 valence electrons. The van der Waals surface area contributed by atoms with Gasteiger partial charge in [0, 0.05) is 72.7 Å². The highest BCUT2D eigenvalue weighted by Crippen LogP contribution is 2.31. The molecule has 2 aromatic carbocycles. The van der Waals surface area contributed by atoms with E-state index in [1.165, 1.54) is 0 Å². The van der Waals surface area contributed by atoms with Crippen LogP contribution in [0.2, 0.25) is 5.02 Å². The SMILES string of the molecule is C[C@H]1CN(CCN2CCC(NC(=O)Oc3cc4c(OCc5coc6cc(Cl)ccc56)cccc4[nH]3)CC2)CC[C@@H]1O. The maximum Gasteiger partial charge on any atom is 0.414 e. The van der Waals surface area contributed by atoms with Gasteiger partial charge >= 0.3 is 6.09 Å². The molecular formula is C31H37ClN4O5. The molecule has 2 aliphatic rings. The van der Waals surface area contributed by atoms with Gasteiger partial charge < -0.3 is 39.1 Å². The number of fused-ring (bicyclic) bond motifs is 2. The highest BCUT2D eigenvalue weighted by Gasteiger charge is 2.26. The number of nitrogens with one attached hydrogen (secondary N) is 2. The highest BCUT2D eigenvalue weighted by molar-refractivity contribution is 6.31. The fourth-order valence-corrected chi connectivity index (χ4v) is 6.07. The van der Waals surface area contributed by atoms with Gasteiger partial charge in [-0.15, -0.1) is 0 Å². The number of hydrogen-bond acceptors (Lipinski definition) is 7. The van der Waals surface area contributed by atoms with Gasteiger partial charge in [0.25, 0.3) is 0 Å². The second-order valence-corrected chi connectivity index (χ2v) is 11.8.